The summed E-state index contributed by atoms with van der Waals surface area (Å²) in [6.07, 6.45) is 2.16. The van der Waals surface area contributed by atoms with Crippen LogP contribution in [-0.2, 0) is 12.8 Å². The highest BCUT2D eigenvalue weighted by molar-refractivity contribution is 5.59. The first-order valence-corrected chi connectivity index (χ1v) is 6.22. The van der Waals surface area contributed by atoms with Crippen LogP contribution in [0.2, 0.25) is 0 Å². The van der Waals surface area contributed by atoms with Crippen LogP contribution in [0.5, 0.6) is 0 Å². The molecule has 16 heavy (non-hydrogen) atoms. The zero-order valence-electron chi connectivity index (χ0n) is 10.5. The quantitative estimate of drug-likeness (QED) is 0.844. The normalized spacial score (nSPS) is 16.7. The third-order valence-electron chi connectivity index (χ3n) is 3.26. The van der Waals surface area contributed by atoms with Crippen LogP contribution in [0.1, 0.15) is 31.9 Å². The first-order chi connectivity index (χ1) is 7.58. The molecule has 1 heterocycles. The van der Waals surface area contributed by atoms with Crippen molar-refractivity contribution in [3.8, 4) is 0 Å². The lowest BCUT2D eigenvalue weighted by atomic mass is 10.0. The Labute approximate surface area is 98.4 Å². The van der Waals surface area contributed by atoms with Crippen molar-refractivity contribution in [1.29, 1.82) is 0 Å². The Morgan fingerprint density at radius 1 is 1.31 bits per heavy atom. The monoisotopic (exact) mass is 218 g/mol. The van der Waals surface area contributed by atoms with Crippen molar-refractivity contribution in [3.63, 3.8) is 0 Å². The van der Waals surface area contributed by atoms with E-state index in [0.29, 0.717) is 6.04 Å². The lowest BCUT2D eigenvalue weighted by Crippen LogP contribution is -2.28. The molecule has 2 heteroatoms. The van der Waals surface area contributed by atoms with Gasteiger partial charge in [-0.3, -0.25) is 0 Å². The van der Waals surface area contributed by atoms with E-state index in [1.54, 1.807) is 0 Å². The Balaban J connectivity index is 2.22. The lowest BCUT2D eigenvalue weighted by Gasteiger charge is -2.24. The van der Waals surface area contributed by atoms with Gasteiger partial charge in [0.1, 0.15) is 0 Å². The first-order valence-electron chi connectivity index (χ1n) is 6.22. The number of rotatable bonds is 3. The van der Waals surface area contributed by atoms with Gasteiger partial charge < -0.3 is 10.6 Å². The second-order valence-electron chi connectivity index (χ2n) is 5.18. The number of fused-ring (bicyclic) bond motifs is 1. The highest BCUT2D eigenvalue weighted by atomic mass is 15.2. The maximum absolute atomic E-state index is 5.83. The lowest BCUT2D eigenvalue weighted by molar-refractivity contribution is 0.710. The minimum absolute atomic E-state index is 0.251. The summed E-state index contributed by atoms with van der Waals surface area (Å²) in [5.41, 5.74) is 10.1. The van der Waals surface area contributed by atoms with E-state index in [-0.39, 0.29) is 6.04 Å². The van der Waals surface area contributed by atoms with Gasteiger partial charge in [-0.25, -0.2) is 0 Å². The largest absolute Gasteiger partial charge is 0.369 e. The summed E-state index contributed by atoms with van der Waals surface area (Å²) in [5.74, 6) is 0. The molecule has 1 unspecified atom stereocenters. The third kappa shape index (κ3) is 2.22. The van der Waals surface area contributed by atoms with Gasteiger partial charge in [-0.1, -0.05) is 12.1 Å². The van der Waals surface area contributed by atoms with E-state index in [1.807, 2.05) is 0 Å². The van der Waals surface area contributed by atoms with Gasteiger partial charge in [0, 0.05) is 24.3 Å². The molecule has 1 atom stereocenters. The Morgan fingerprint density at radius 3 is 2.69 bits per heavy atom. The number of benzene rings is 1. The molecule has 0 bridgehead atoms. The fourth-order valence-electron chi connectivity index (χ4n) is 2.52. The van der Waals surface area contributed by atoms with Gasteiger partial charge in [0.2, 0.25) is 0 Å². The van der Waals surface area contributed by atoms with E-state index >= 15 is 0 Å². The van der Waals surface area contributed by atoms with Crippen LogP contribution < -0.4 is 10.6 Å². The van der Waals surface area contributed by atoms with Crippen LogP contribution in [0.3, 0.4) is 0 Å². The molecule has 88 valence electrons. The molecule has 0 spiro atoms. The molecule has 0 saturated heterocycles. The standard InChI is InChI=1S/C14H22N2/c1-10(2)16-7-6-13-9-12(8-11(3)15)4-5-14(13)16/h4-5,9-11H,6-8,15H2,1-3H3. The topological polar surface area (TPSA) is 29.3 Å². The predicted molar refractivity (Wildman–Crippen MR) is 70.0 cm³/mol. The second kappa shape index (κ2) is 4.46. The van der Waals surface area contributed by atoms with Crippen molar-refractivity contribution >= 4 is 5.69 Å². The van der Waals surface area contributed by atoms with Gasteiger partial charge in [0.15, 0.2) is 0 Å². The molecule has 1 aliphatic heterocycles. The number of hydrogen-bond donors (Lipinski definition) is 1. The SMILES string of the molecule is CC(N)Cc1ccc2c(c1)CCN2C(C)C. The molecule has 0 fully saturated rings. The zero-order valence-corrected chi connectivity index (χ0v) is 10.5. The van der Waals surface area contributed by atoms with Gasteiger partial charge >= 0.3 is 0 Å². The van der Waals surface area contributed by atoms with Crippen molar-refractivity contribution in [3.05, 3.63) is 29.3 Å². The van der Waals surface area contributed by atoms with Crippen molar-refractivity contribution in [2.45, 2.75) is 45.7 Å². The Hall–Kier alpha value is -1.02. The smallest absolute Gasteiger partial charge is 0.0402 e. The van der Waals surface area contributed by atoms with Crippen LogP contribution in [0.25, 0.3) is 0 Å². The molecule has 2 N–H and O–H groups in total. The summed E-state index contributed by atoms with van der Waals surface area (Å²) in [7, 11) is 0. The maximum atomic E-state index is 5.83. The van der Waals surface area contributed by atoms with Gasteiger partial charge in [-0.05, 0) is 50.8 Å². The number of anilines is 1. The minimum Gasteiger partial charge on any atom is -0.369 e. The van der Waals surface area contributed by atoms with Crippen LogP contribution in [0, 0.1) is 0 Å². The summed E-state index contributed by atoms with van der Waals surface area (Å²) in [6, 6.07) is 7.67. The summed E-state index contributed by atoms with van der Waals surface area (Å²) in [6.45, 7) is 7.73. The summed E-state index contributed by atoms with van der Waals surface area (Å²) in [5, 5.41) is 0. The van der Waals surface area contributed by atoms with Gasteiger partial charge in [-0.15, -0.1) is 0 Å². The molecule has 2 rings (SSSR count). The van der Waals surface area contributed by atoms with Gasteiger partial charge in [-0.2, -0.15) is 0 Å². The molecule has 0 aliphatic carbocycles. The molecular formula is C14H22N2. The highest BCUT2D eigenvalue weighted by Crippen LogP contribution is 2.30. The second-order valence-corrected chi connectivity index (χ2v) is 5.18. The van der Waals surface area contributed by atoms with E-state index in [4.69, 9.17) is 5.73 Å². The third-order valence-corrected chi connectivity index (χ3v) is 3.26. The Kier molecular flexibility index (Phi) is 3.20. The number of nitrogens with zero attached hydrogens (tertiary/aromatic N) is 1. The van der Waals surface area contributed by atoms with E-state index < -0.39 is 0 Å². The average Bonchev–Trinajstić information content (AvgIpc) is 2.59. The maximum Gasteiger partial charge on any atom is 0.0402 e. The molecule has 0 saturated carbocycles. The highest BCUT2D eigenvalue weighted by Gasteiger charge is 2.21. The summed E-state index contributed by atoms with van der Waals surface area (Å²) in [4.78, 5) is 2.48. The van der Waals surface area contributed by atoms with Gasteiger partial charge in [0.05, 0.1) is 0 Å². The zero-order chi connectivity index (χ0) is 11.7. The van der Waals surface area contributed by atoms with E-state index in [9.17, 15) is 0 Å². The molecule has 1 aliphatic rings. The van der Waals surface area contributed by atoms with E-state index in [0.717, 1.165) is 13.0 Å². The van der Waals surface area contributed by atoms with E-state index in [1.165, 1.54) is 23.2 Å². The van der Waals surface area contributed by atoms with Crippen molar-refractivity contribution in [1.82, 2.24) is 0 Å². The molecule has 0 radical (unpaired) electrons. The molecule has 0 amide bonds. The molecule has 2 nitrogen and oxygen atoms in total. The number of nitrogens with two attached hydrogens (primary N) is 1. The fraction of sp³-hybridized carbons (Fsp3) is 0.571. The predicted octanol–water partition coefficient (Wildman–Crippen LogP) is 2.35. The minimum atomic E-state index is 0.251. The Bertz CT molecular complexity index is 369. The first kappa shape index (κ1) is 11.5. The van der Waals surface area contributed by atoms with Crippen molar-refractivity contribution < 1.29 is 0 Å². The molecule has 0 aromatic heterocycles. The van der Waals surface area contributed by atoms with Crippen molar-refractivity contribution in [2.75, 3.05) is 11.4 Å². The van der Waals surface area contributed by atoms with Crippen LogP contribution in [-0.4, -0.2) is 18.6 Å². The molecule has 1 aromatic carbocycles. The van der Waals surface area contributed by atoms with E-state index in [2.05, 4.69) is 43.9 Å². The van der Waals surface area contributed by atoms with Gasteiger partial charge in [0.25, 0.3) is 0 Å². The van der Waals surface area contributed by atoms with Crippen LogP contribution in [0.4, 0.5) is 5.69 Å². The van der Waals surface area contributed by atoms with Crippen molar-refractivity contribution in [2.24, 2.45) is 5.73 Å². The Morgan fingerprint density at radius 2 is 2.06 bits per heavy atom. The van der Waals surface area contributed by atoms with Crippen LogP contribution in [0.15, 0.2) is 18.2 Å². The molecular weight excluding hydrogens is 196 g/mol. The fourth-order valence-corrected chi connectivity index (χ4v) is 2.52. The average molecular weight is 218 g/mol. The molecule has 1 aromatic rings. The summed E-state index contributed by atoms with van der Waals surface area (Å²) >= 11 is 0. The summed E-state index contributed by atoms with van der Waals surface area (Å²) < 4.78 is 0. The number of hydrogen-bond acceptors (Lipinski definition) is 2. The van der Waals surface area contributed by atoms with Crippen LogP contribution >= 0.6 is 0 Å².